The quantitative estimate of drug-likeness (QED) is 0.682. The lowest BCUT2D eigenvalue weighted by molar-refractivity contribution is 0.286. The molecule has 0 saturated heterocycles. The van der Waals surface area contributed by atoms with Crippen LogP contribution in [0, 0.1) is 12.3 Å². The Bertz CT molecular complexity index is 357. The van der Waals surface area contributed by atoms with Crippen LogP contribution in [0.15, 0.2) is 0 Å². The number of rotatable bonds is 0. The van der Waals surface area contributed by atoms with Gasteiger partial charge >= 0.3 is 0 Å². The van der Waals surface area contributed by atoms with E-state index >= 15 is 0 Å². The third kappa shape index (κ3) is 1.27. The maximum absolute atomic E-state index is 4.47. The third-order valence-corrected chi connectivity index (χ3v) is 3.02. The maximum Gasteiger partial charge on any atom is 0.0645 e. The van der Waals surface area contributed by atoms with Gasteiger partial charge in [0.05, 0.1) is 11.4 Å². The first-order chi connectivity index (χ1) is 6.41. The van der Waals surface area contributed by atoms with E-state index in [9.17, 15) is 0 Å². The van der Waals surface area contributed by atoms with Crippen LogP contribution in [0.5, 0.6) is 0 Å². The summed E-state index contributed by atoms with van der Waals surface area (Å²) in [6.07, 6.45) is 0. The average Bonchev–Trinajstić information content (AvgIpc) is 2.53. The van der Waals surface area contributed by atoms with Crippen molar-refractivity contribution in [1.82, 2.24) is 15.1 Å². The molecule has 1 aromatic rings. The fraction of sp³-hybridized carbons (Fsp3) is 0.727. The van der Waals surface area contributed by atoms with Gasteiger partial charge in [-0.05, 0) is 12.3 Å². The summed E-state index contributed by atoms with van der Waals surface area (Å²) in [6.45, 7) is 9.86. The first-order valence-corrected chi connectivity index (χ1v) is 5.17. The van der Waals surface area contributed by atoms with Gasteiger partial charge in [-0.1, -0.05) is 20.8 Å². The van der Waals surface area contributed by atoms with Gasteiger partial charge in [0, 0.05) is 25.2 Å². The summed E-state index contributed by atoms with van der Waals surface area (Å²) in [5, 5.41) is 8.04. The highest BCUT2D eigenvalue weighted by Crippen LogP contribution is 2.39. The summed E-state index contributed by atoms with van der Waals surface area (Å²) in [4.78, 5) is 0. The molecule has 3 nitrogen and oxygen atoms in total. The molecule has 0 bridgehead atoms. The number of nitrogens with one attached hydrogen (secondary N) is 1. The van der Waals surface area contributed by atoms with E-state index in [4.69, 9.17) is 0 Å². The molecule has 1 aliphatic heterocycles. The van der Waals surface area contributed by atoms with E-state index in [-0.39, 0.29) is 5.41 Å². The Morgan fingerprint density at radius 2 is 2.07 bits per heavy atom. The summed E-state index contributed by atoms with van der Waals surface area (Å²) in [7, 11) is 2.03. The Balaban J connectivity index is 2.48. The van der Waals surface area contributed by atoms with Gasteiger partial charge in [0.25, 0.3) is 0 Å². The lowest BCUT2D eigenvalue weighted by Crippen LogP contribution is -2.27. The van der Waals surface area contributed by atoms with Crippen LogP contribution in [0.3, 0.4) is 0 Å². The number of nitrogens with zero attached hydrogens (tertiary/aromatic N) is 2. The van der Waals surface area contributed by atoms with Gasteiger partial charge in [0.1, 0.15) is 0 Å². The molecule has 0 amide bonds. The highest BCUT2D eigenvalue weighted by atomic mass is 15.3. The normalized spacial score (nSPS) is 21.4. The lowest BCUT2D eigenvalue weighted by atomic mass is 9.83. The van der Waals surface area contributed by atoms with Crippen molar-refractivity contribution in [2.75, 3.05) is 0 Å². The topological polar surface area (TPSA) is 29.9 Å². The molecular weight excluding hydrogens is 174 g/mol. The summed E-state index contributed by atoms with van der Waals surface area (Å²) in [5.74, 6) is 0. The van der Waals surface area contributed by atoms with E-state index in [1.165, 1.54) is 17.0 Å². The maximum atomic E-state index is 4.47. The van der Waals surface area contributed by atoms with Gasteiger partial charge in [-0.15, -0.1) is 0 Å². The van der Waals surface area contributed by atoms with Crippen LogP contribution in [-0.2, 0) is 13.6 Å². The molecule has 1 unspecified atom stereocenters. The van der Waals surface area contributed by atoms with Crippen LogP contribution in [0.4, 0.5) is 0 Å². The molecule has 0 radical (unpaired) electrons. The summed E-state index contributed by atoms with van der Waals surface area (Å²) in [6, 6.07) is 0.450. The van der Waals surface area contributed by atoms with Crippen LogP contribution in [0.25, 0.3) is 0 Å². The number of hydrogen-bond acceptors (Lipinski definition) is 2. The zero-order valence-corrected chi connectivity index (χ0v) is 9.68. The minimum Gasteiger partial charge on any atom is -0.304 e. The Hall–Kier alpha value is -0.830. The molecular formula is C11H19N3. The molecule has 78 valence electrons. The van der Waals surface area contributed by atoms with Gasteiger partial charge in [0.15, 0.2) is 0 Å². The van der Waals surface area contributed by atoms with Crippen molar-refractivity contribution in [3.8, 4) is 0 Å². The van der Waals surface area contributed by atoms with Crippen LogP contribution in [-0.4, -0.2) is 9.78 Å². The Labute approximate surface area is 85.5 Å². The predicted octanol–water partition coefficient (Wildman–Crippen LogP) is 1.92. The van der Waals surface area contributed by atoms with E-state index in [0.29, 0.717) is 6.04 Å². The zero-order valence-electron chi connectivity index (χ0n) is 9.68. The molecule has 1 aromatic heterocycles. The van der Waals surface area contributed by atoms with Gasteiger partial charge in [-0.3, -0.25) is 4.68 Å². The number of fused-ring (bicyclic) bond motifs is 1. The molecule has 0 fully saturated rings. The van der Waals surface area contributed by atoms with Gasteiger partial charge in [0.2, 0.25) is 0 Å². The second kappa shape index (κ2) is 2.83. The van der Waals surface area contributed by atoms with Crippen molar-refractivity contribution < 1.29 is 0 Å². The largest absolute Gasteiger partial charge is 0.304 e. The molecule has 0 aromatic carbocycles. The molecule has 2 rings (SSSR count). The van der Waals surface area contributed by atoms with Crippen molar-refractivity contribution >= 4 is 0 Å². The first-order valence-electron chi connectivity index (χ1n) is 5.17. The Kier molecular flexibility index (Phi) is 1.96. The van der Waals surface area contributed by atoms with Crippen LogP contribution < -0.4 is 5.32 Å². The number of aromatic nitrogens is 2. The second-order valence-electron chi connectivity index (χ2n) is 5.25. The Morgan fingerprint density at radius 3 is 2.64 bits per heavy atom. The predicted molar refractivity (Wildman–Crippen MR) is 57.0 cm³/mol. The molecule has 14 heavy (non-hydrogen) atoms. The molecule has 2 heterocycles. The van der Waals surface area contributed by atoms with E-state index in [1.807, 2.05) is 11.7 Å². The Morgan fingerprint density at radius 1 is 1.43 bits per heavy atom. The standard InChI is InChI=1S/C11H19N3/c1-7-9-8(14(5)13-7)6-12-10(9)11(2,3)4/h10,12H,6H2,1-5H3. The lowest BCUT2D eigenvalue weighted by Gasteiger charge is -2.27. The van der Waals surface area contributed by atoms with Crippen LogP contribution in [0.2, 0.25) is 0 Å². The average molecular weight is 193 g/mol. The van der Waals surface area contributed by atoms with Gasteiger partial charge < -0.3 is 5.32 Å². The smallest absolute Gasteiger partial charge is 0.0645 e. The molecule has 1 N–H and O–H groups in total. The molecule has 0 saturated carbocycles. The minimum atomic E-state index is 0.263. The summed E-state index contributed by atoms with van der Waals surface area (Å²) < 4.78 is 2.00. The van der Waals surface area contributed by atoms with Gasteiger partial charge in [-0.2, -0.15) is 5.10 Å². The monoisotopic (exact) mass is 193 g/mol. The molecule has 1 atom stereocenters. The van der Waals surface area contributed by atoms with Crippen LogP contribution >= 0.6 is 0 Å². The fourth-order valence-electron chi connectivity index (χ4n) is 2.35. The van der Waals surface area contributed by atoms with Crippen LogP contribution in [0.1, 0.15) is 43.8 Å². The summed E-state index contributed by atoms with van der Waals surface area (Å²) in [5.41, 5.74) is 4.20. The number of aryl methyl sites for hydroxylation is 2. The van der Waals surface area contributed by atoms with Crippen molar-refractivity contribution in [3.05, 3.63) is 17.0 Å². The van der Waals surface area contributed by atoms with E-state index in [1.54, 1.807) is 0 Å². The van der Waals surface area contributed by atoms with Gasteiger partial charge in [-0.25, -0.2) is 0 Å². The first kappa shape index (κ1) is 9.71. The molecule has 3 heteroatoms. The fourth-order valence-corrected chi connectivity index (χ4v) is 2.35. The van der Waals surface area contributed by atoms with E-state index < -0.39 is 0 Å². The molecule has 0 aliphatic carbocycles. The van der Waals surface area contributed by atoms with E-state index in [2.05, 4.69) is 38.1 Å². The van der Waals surface area contributed by atoms with Crippen molar-refractivity contribution in [1.29, 1.82) is 0 Å². The highest BCUT2D eigenvalue weighted by molar-refractivity contribution is 5.34. The molecule has 0 spiro atoms. The van der Waals surface area contributed by atoms with Crippen molar-refractivity contribution in [2.24, 2.45) is 12.5 Å². The SMILES string of the molecule is Cc1nn(C)c2c1C(C(C)(C)C)NC2. The highest BCUT2D eigenvalue weighted by Gasteiger charge is 2.35. The minimum absolute atomic E-state index is 0.263. The molecule has 1 aliphatic rings. The van der Waals surface area contributed by atoms with Crippen molar-refractivity contribution in [2.45, 2.75) is 40.3 Å². The van der Waals surface area contributed by atoms with E-state index in [0.717, 1.165) is 6.54 Å². The number of hydrogen-bond donors (Lipinski definition) is 1. The summed E-state index contributed by atoms with van der Waals surface area (Å²) >= 11 is 0. The zero-order chi connectivity index (χ0) is 10.5. The third-order valence-electron chi connectivity index (χ3n) is 3.02. The van der Waals surface area contributed by atoms with Crippen molar-refractivity contribution in [3.63, 3.8) is 0 Å². The second-order valence-corrected chi connectivity index (χ2v) is 5.25.